The Balaban J connectivity index is 0.000000853. The van der Waals surface area contributed by atoms with Crippen LogP contribution in [0.1, 0.15) is 16.8 Å². The molecular formula is C12H14ClN2-. The van der Waals surface area contributed by atoms with Crippen LogP contribution in [0.5, 0.6) is 0 Å². The van der Waals surface area contributed by atoms with E-state index in [9.17, 15) is 0 Å². The average Bonchev–Trinajstić information content (AvgIpc) is 2.59. The van der Waals surface area contributed by atoms with Crippen LogP contribution in [0, 0.1) is 6.92 Å². The molecule has 0 spiro atoms. The fourth-order valence-electron chi connectivity index (χ4n) is 2.32. The molecule has 0 atom stereocenters. The van der Waals surface area contributed by atoms with E-state index in [1.54, 1.807) is 0 Å². The number of hydrogen-bond donors (Lipinski definition) is 2. The van der Waals surface area contributed by atoms with Gasteiger partial charge in [-0.15, -0.1) is 0 Å². The lowest BCUT2D eigenvalue weighted by atomic mass is 10.1. The Kier molecular flexibility index (Phi) is 2.72. The van der Waals surface area contributed by atoms with Crippen LogP contribution in [-0.2, 0) is 13.0 Å². The highest BCUT2D eigenvalue weighted by molar-refractivity contribution is 5.87. The predicted octanol–water partition coefficient (Wildman–Crippen LogP) is -0.874. The first-order valence-corrected chi connectivity index (χ1v) is 5.16. The summed E-state index contributed by atoms with van der Waals surface area (Å²) in [5.41, 5.74) is 5.56. The minimum absolute atomic E-state index is 0. The van der Waals surface area contributed by atoms with Crippen LogP contribution in [0.3, 0.4) is 0 Å². The highest BCUT2D eigenvalue weighted by atomic mass is 35.5. The van der Waals surface area contributed by atoms with E-state index < -0.39 is 0 Å². The van der Waals surface area contributed by atoms with Crippen LogP contribution >= 0.6 is 0 Å². The summed E-state index contributed by atoms with van der Waals surface area (Å²) in [6.45, 7) is 4.27. The smallest absolute Gasteiger partial charge is 0.0489 e. The number of fused-ring (bicyclic) bond motifs is 3. The Hall–Kier alpha value is -0.990. The second-order valence-corrected chi connectivity index (χ2v) is 4.01. The van der Waals surface area contributed by atoms with Crippen LogP contribution in [-0.4, -0.2) is 11.5 Å². The summed E-state index contributed by atoms with van der Waals surface area (Å²) in [6.07, 6.45) is 1.13. The lowest BCUT2D eigenvalue weighted by molar-refractivity contribution is -0.00000294. The highest BCUT2D eigenvalue weighted by Crippen LogP contribution is 2.26. The molecular weight excluding hydrogens is 208 g/mol. The van der Waals surface area contributed by atoms with Crippen molar-refractivity contribution >= 4 is 10.9 Å². The van der Waals surface area contributed by atoms with Gasteiger partial charge in [0.2, 0.25) is 0 Å². The third-order valence-electron chi connectivity index (χ3n) is 3.09. The molecule has 15 heavy (non-hydrogen) atoms. The van der Waals surface area contributed by atoms with E-state index in [-0.39, 0.29) is 12.4 Å². The fourth-order valence-corrected chi connectivity index (χ4v) is 2.32. The van der Waals surface area contributed by atoms with Gasteiger partial charge in [0.25, 0.3) is 0 Å². The Morgan fingerprint density at radius 3 is 3.00 bits per heavy atom. The van der Waals surface area contributed by atoms with Crippen molar-refractivity contribution in [1.82, 2.24) is 10.3 Å². The van der Waals surface area contributed by atoms with Gasteiger partial charge in [-0.25, -0.2) is 0 Å². The van der Waals surface area contributed by atoms with Gasteiger partial charge < -0.3 is 22.7 Å². The zero-order chi connectivity index (χ0) is 9.54. The molecule has 0 fully saturated rings. The van der Waals surface area contributed by atoms with Gasteiger partial charge in [0.15, 0.2) is 0 Å². The SMILES string of the molecule is Cc1cccc2c3c([nH]c12)CCNC3.[Cl-]. The van der Waals surface area contributed by atoms with Crippen molar-refractivity contribution in [2.24, 2.45) is 0 Å². The van der Waals surface area contributed by atoms with E-state index in [0.717, 1.165) is 19.5 Å². The first-order chi connectivity index (χ1) is 6.86. The Morgan fingerprint density at radius 2 is 2.13 bits per heavy atom. The van der Waals surface area contributed by atoms with Gasteiger partial charge in [-0.3, -0.25) is 0 Å². The summed E-state index contributed by atoms with van der Waals surface area (Å²) >= 11 is 0. The minimum Gasteiger partial charge on any atom is -1.00 e. The minimum atomic E-state index is 0. The molecule has 1 aromatic carbocycles. The van der Waals surface area contributed by atoms with Crippen molar-refractivity contribution in [3.8, 4) is 0 Å². The normalized spacial score (nSPS) is 14.7. The Morgan fingerprint density at radius 1 is 1.27 bits per heavy atom. The van der Waals surface area contributed by atoms with Crippen LogP contribution < -0.4 is 17.7 Å². The number of aromatic nitrogens is 1. The lowest BCUT2D eigenvalue weighted by Gasteiger charge is -2.12. The molecule has 3 heteroatoms. The maximum absolute atomic E-state index is 3.54. The summed E-state index contributed by atoms with van der Waals surface area (Å²) in [7, 11) is 0. The summed E-state index contributed by atoms with van der Waals surface area (Å²) in [5, 5.41) is 4.81. The molecule has 80 valence electrons. The van der Waals surface area contributed by atoms with E-state index in [2.05, 4.69) is 35.4 Å². The van der Waals surface area contributed by atoms with Crippen molar-refractivity contribution in [3.63, 3.8) is 0 Å². The molecule has 1 aromatic heterocycles. The van der Waals surface area contributed by atoms with Gasteiger partial charge in [-0.1, -0.05) is 18.2 Å². The average molecular weight is 222 g/mol. The number of halogens is 1. The molecule has 1 aliphatic rings. The number of para-hydroxylation sites is 1. The molecule has 0 radical (unpaired) electrons. The number of aryl methyl sites for hydroxylation is 1. The molecule has 0 saturated carbocycles. The molecule has 2 heterocycles. The molecule has 0 aliphatic carbocycles. The zero-order valence-corrected chi connectivity index (χ0v) is 9.49. The third kappa shape index (κ3) is 1.54. The second kappa shape index (κ2) is 3.87. The van der Waals surface area contributed by atoms with E-state index in [1.807, 2.05) is 0 Å². The molecule has 2 N–H and O–H groups in total. The molecule has 1 aliphatic heterocycles. The van der Waals surface area contributed by atoms with Crippen molar-refractivity contribution < 1.29 is 12.4 Å². The Labute approximate surface area is 95.5 Å². The van der Waals surface area contributed by atoms with Crippen molar-refractivity contribution in [2.75, 3.05) is 6.54 Å². The van der Waals surface area contributed by atoms with Gasteiger partial charge in [-0.2, -0.15) is 0 Å². The molecule has 0 bridgehead atoms. The van der Waals surface area contributed by atoms with Crippen LogP contribution in [0.4, 0.5) is 0 Å². The fraction of sp³-hybridized carbons (Fsp3) is 0.333. The van der Waals surface area contributed by atoms with E-state index in [0.29, 0.717) is 0 Å². The van der Waals surface area contributed by atoms with Crippen LogP contribution in [0.25, 0.3) is 10.9 Å². The number of hydrogen-bond acceptors (Lipinski definition) is 1. The summed E-state index contributed by atoms with van der Waals surface area (Å²) in [6, 6.07) is 6.52. The maximum Gasteiger partial charge on any atom is 0.0489 e. The molecule has 2 nitrogen and oxygen atoms in total. The van der Waals surface area contributed by atoms with Crippen LogP contribution in [0.2, 0.25) is 0 Å². The Bertz CT molecular complexity index is 488. The summed E-state index contributed by atoms with van der Waals surface area (Å²) in [4.78, 5) is 3.54. The van der Waals surface area contributed by atoms with Gasteiger partial charge in [0.05, 0.1) is 0 Å². The highest BCUT2D eigenvalue weighted by Gasteiger charge is 2.14. The van der Waals surface area contributed by atoms with Crippen molar-refractivity contribution in [3.05, 3.63) is 35.0 Å². The van der Waals surface area contributed by atoms with Gasteiger partial charge in [-0.05, 0) is 18.1 Å². The zero-order valence-electron chi connectivity index (χ0n) is 8.73. The molecule has 0 unspecified atom stereocenters. The third-order valence-corrected chi connectivity index (χ3v) is 3.09. The van der Waals surface area contributed by atoms with E-state index >= 15 is 0 Å². The standard InChI is InChI=1S/C12H14N2.ClH/c1-8-3-2-4-9-10-7-13-6-5-11(10)14-12(8)9;/h2-4,13-14H,5-7H2,1H3;1H/p-1. The largest absolute Gasteiger partial charge is 1.00 e. The van der Waals surface area contributed by atoms with Crippen molar-refractivity contribution in [2.45, 2.75) is 19.9 Å². The maximum atomic E-state index is 3.54. The second-order valence-electron chi connectivity index (χ2n) is 4.01. The van der Waals surface area contributed by atoms with E-state index in [1.165, 1.54) is 27.7 Å². The first-order valence-electron chi connectivity index (χ1n) is 5.16. The number of benzene rings is 1. The number of rotatable bonds is 0. The first kappa shape index (κ1) is 10.5. The number of aromatic amines is 1. The van der Waals surface area contributed by atoms with Gasteiger partial charge in [0, 0.05) is 36.1 Å². The molecule has 3 rings (SSSR count). The molecule has 0 saturated heterocycles. The number of nitrogens with one attached hydrogen (secondary N) is 2. The quantitative estimate of drug-likeness (QED) is 0.595. The lowest BCUT2D eigenvalue weighted by Crippen LogP contribution is -3.00. The monoisotopic (exact) mass is 221 g/mol. The molecule has 0 amide bonds. The van der Waals surface area contributed by atoms with Crippen LogP contribution in [0.15, 0.2) is 18.2 Å². The summed E-state index contributed by atoms with van der Waals surface area (Å²) < 4.78 is 0. The summed E-state index contributed by atoms with van der Waals surface area (Å²) in [5.74, 6) is 0. The topological polar surface area (TPSA) is 27.8 Å². The van der Waals surface area contributed by atoms with Gasteiger partial charge in [0.1, 0.15) is 0 Å². The predicted molar refractivity (Wildman–Crippen MR) is 58.4 cm³/mol. The van der Waals surface area contributed by atoms with E-state index in [4.69, 9.17) is 0 Å². The van der Waals surface area contributed by atoms with Gasteiger partial charge >= 0.3 is 0 Å². The van der Waals surface area contributed by atoms with Crippen molar-refractivity contribution in [1.29, 1.82) is 0 Å². The molecule has 2 aromatic rings. The number of H-pyrrole nitrogens is 1.